The Bertz CT molecular complexity index is 784. The Labute approximate surface area is 269 Å². The van der Waals surface area contributed by atoms with Gasteiger partial charge in [-0.15, -0.1) is 0 Å². The van der Waals surface area contributed by atoms with Gasteiger partial charge in [0.05, 0.1) is 27.7 Å². The smallest absolute Gasteiger partial charge is 0.306 e. The molecule has 9 nitrogen and oxygen atoms in total. The van der Waals surface area contributed by atoms with E-state index in [1.807, 2.05) is 21.1 Å². The molecule has 0 rings (SSSR count). The minimum Gasteiger partial charge on any atom is -0.756 e. The summed E-state index contributed by atoms with van der Waals surface area (Å²) in [4.78, 5) is 37.0. The molecular weight excluding hydrogens is 581 g/mol. The van der Waals surface area contributed by atoms with Gasteiger partial charge in [0, 0.05) is 12.8 Å². The second kappa shape index (κ2) is 28.0. The van der Waals surface area contributed by atoms with E-state index in [9.17, 15) is 19.0 Å². The van der Waals surface area contributed by atoms with Gasteiger partial charge < -0.3 is 27.9 Å². The van der Waals surface area contributed by atoms with Crippen LogP contribution in [0.4, 0.5) is 0 Å². The highest BCUT2D eigenvalue weighted by Crippen LogP contribution is 2.38. The van der Waals surface area contributed by atoms with Gasteiger partial charge in [-0.1, -0.05) is 103 Å². The zero-order valence-electron chi connectivity index (χ0n) is 28.9. The van der Waals surface area contributed by atoms with E-state index in [-0.39, 0.29) is 26.1 Å². The summed E-state index contributed by atoms with van der Waals surface area (Å²) in [6, 6.07) is 0. The SMILES string of the molecule is CCCCCC/C=C\CCCCCCCC(=O)O[C@H](COC(=O)CCCCCCCCC)COP(=O)([O-])OCC[N+](C)(C)C. The molecule has 0 bridgehead atoms. The van der Waals surface area contributed by atoms with Crippen LogP contribution in [0, 0.1) is 0 Å². The monoisotopic (exact) mass is 647 g/mol. The number of rotatable bonds is 31. The number of unbranched alkanes of at least 4 members (excludes halogenated alkanes) is 15. The third-order valence-corrected chi connectivity index (χ3v) is 8.25. The van der Waals surface area contributed by atoms with Crippen molar-refractivity contribution in [3.63, 3.8) is 0 Å². The van der Waals surface area contributed by atoms with E-state index in [1.54, 1.807) is 0 Å². The van der Waals surface area contributed by atoms with Crippen LogP contribution >= 0.6 is 7.82 Å². The van der Waals surface area contributed by atoms with Crippen LogP contribution in [0.5, 0.6) is 0 Å². The molecule has 0 fully saturated rings. The van der Waals surface area contributed by atoms with Crippen molar-refractivity contribution in [1.82, 2.24) is 0 Å². The predicted octanol–water partition coefficient (Wildman–Crippen LogP) is 8.05. The summed E-state index contributed by atoms with van der Waals surface area (Å²) in [6.45, 7) is 4.13. The number of esters is 2. The van der Waals surface area contributed by atoms with Gasteiger partial charge in [-0.25, -0.2) is 0 Å². The van der Waals surface area contributed by atoms with Crippen molar-refractivity contribution in [2.24, 2.45) is 0 Å². The molecule has 0 aromatic heterocycles. The molecule has 10 heteroatoms. The molecule has 0 aromatic rings. The van der Waals surface area contributed by atoms with Crippen LogP contribution in [0.2, 0.25) is 0 Å². The van der Waals surface area contributed by atoms with E-state index < -0.39 is 32.5 Å². The number of carbonyl (C=O) groups excluding carboxylic acids is 2. The standard InChI is InChI=1S/C34H66NO8P/c1-6-8-10-12-14-15-16-17-18-19-21-23-25-27-34(37)43-32(31-42-44(38,39)41-29-28-35(3,4)5)30-40-33(36)26-24-22-20-13-11-9-7-2/h15-16,32H,6-14,17-31H2,1-5H3/b16-15-/t32-/m1/s1. The van der Waals surface area contributed by atoms with Crippen molar-refractivity contribution in [3.8, 4) is 0 Å². The molecule has 0 spiro atoms. The molecule has 0 radical (unpaired) electrons. The fourth-order valence-corrected chi connectivity index (χ4v) is 5.20. The quantitative estimate of drug-likeness (QED) is 0.0244. The van der Waals surface area contributed by atoms with Crippen molar-refractivity contribution in [3.05, 3.63) is 12.2 Å². The summed E-state index contributed by atoms with van der Waals surface area (Å²) < 4.78 is 33.5. The first-order valence-corrected chi connectivity index (χ1v) is 18.9. The second-order valence-corrected chi connectivity index (χ2v) is 14.3. The highest BCUT2D eigenvalue weighted by molar-refractivity contribution is 7.45. The molecule has 1 unspecified atom stereocenters. The zero-order chi connectivity index (χ0) is 32.9. The first kappa shape index (κ1) is 42.8. The lowest BCUT2D eigenvalue weighted by Gasteiger charge is -2.28. The first-order chi connectivity index (χ1) is 21.0. The average molecular weight is 648 g/mol. The number of hydrogen-bond donors (Lipinski definition) is 0. The number of quaternary nitrogens is 1. The average Bonchev–Trinajstić information content (AvgIpc) is 2.95. The Kier molecular flexibility index (Phi) is 27.2. The van der Waals surface area contributed by atoms with Crippen molar-refractivity contribution in [1.29, 1.82) is 0 Å². The second-order valence-electron chi connectivity index (χ2n) is 12.9. The summed E-state index contributed by atoms with van der Waals surface area (Å²) in [5, 5.41) is 0. The molecule has 0 aliphatic heterocycles. The number of phosphoric ester groups is 1. The summed E-state index contributed by atoms with van der Waals surface area (Å²) in [6.07, 6.45) is 24.0. The van der Waals surface area contributed by atoms with Gasteiger partial charge in [0.15, 0.2) is 6.10 Å². The molecule has 0 saturated carbocycles. The van der Waals surface area contributed by atoms with Crippen molar-refractivity contribution < 1.29 is 42.1 Å². The van der Waals surface area contributed by atoms with Crippen molar-refractivity contribution in [2.75, 3.05) is 47.5 Å². The molecule has 2 atom stereocenters. The fourth-order valence-electron chi connectivity index (χ4n) is 4.47. The predicted molar refractivity (Wildman–Crippen MR) is 176 cm³/mol. The topological polar surface area (TPSA) is 111 Å². The Morgan fingerprint density at radius 3 is 1.70 bits per heavy atom. The molecule has 0 N–H and O–H groups in total. The van der Waals surface area contributed by atoms with Crippen LogP contribution in [-0.4, -0.2) is 70.0 Å². The number of nitrogens with zero attached hydrogens (tertiary/aromatic N) is 1. The summed E-state index contributed by atoms with van der Waals surface area (Å²) in [7, 11) is 1.16. The van der Waals surface area contributed by atoms with Crippen LogP contribution in [0.3, 0.4) is 0 Å². The van der Waals surface area contributed by atoms with Gasteiger partial charge in [0.25, 0.3) is 7.82 Å². The van der Waals surface area contributed by atoms with Gasteiger partial charge >= 0.3 is 11.9 Å². The van der Waals surface area contributed by atoms with E-state index in [0.29, 0.717) is 17.4 Å². The van der Waals surface area contributed by atoms with E-state index in [1.165, 1.54) is 57.8 Å². The van der Waals surface area contributed by atoms with Crippen LogP contribution in [0.1, 0.15) is 142 Å². The lowest BCUT2D eigenvalue weighted by atomic mass is 10.1. The lowest BCUT2D eigenvalue weighted by Crippen LogP contribution is -2.37. The first-order valence-electron chi connectivity index (χ1n) is 17.4. The molecule has 260 valence electrons. The zero-order valence-corrected chi connectivity index (χ0v) is 29.8. The van der Waals surface area contributed by atoms with Crippen LogP contribution < -0.4 is 4.89 Å². The highest BCUT2D eigenvalue weighted by Gasteiger charge is 2.21. The summed E-state index contributed by atoms with van der Waals surface area (Å²) >= 11 is 0. The maximum absolute atomic E-state index is 12.5. The normalized spacial score (nSPS) is 14.0. The van der Waals surface area contributed by atoms with Gasteiger partial charge in [-0.05, 0) is 38.5 Å². The Morgan fingerprint density at radius 1 is 0.682 bits per heavy atom. The van der Waals surface area contributed by atoms with Crippen LogP contribution in [0.25, 0.3) is 0 Å². The van der Waals surface area contributed by atoms with E-state index >= 15 is 0 Å². The largest absolute Gasteiger partial charge is 0.756 e. The number of carbonyl (C=O) groups is 2. The number of allylic oxidation sites excluding steroid dienone is 2. The Balaban J connectivity index is 4.48. The van der Waals surface area contributed by atoms with E-state index in [0.717, 1.165) is 51.4 Å². The number of phosphoric acid groups is 1. The third-order valence-electron chi connectivity index (χ3n) is 7.29. The number of ether oxygens (including phenoxy) is 2. The minimum atomic E-state index is -4.60. The molecule has 0 aliphatic carbocycles. The lowest BCUT2D eigenvalue weighted by molar-refractivity contribution is -0.870. The van der Waals surface area contributed by atoms with Gasteiger partial charge in [0.1, 0.15) is 19.8 Å². The van der Waals surface area contributed by atoms with Gasteiger partial charge in [-0.3, -0.25) is 14.2 Å². The fraction of sp³-hybridized carbons (Fsp3) is 0.882. The summed E-state index contributed by atoms with van der Waals surface area (Å²) in [5.74, 6) is -0.852. The molecule has 44 heavy (non-hydrogen) atoms. The van der Waals surface area contributed by atoms with E-state index in [2.05, 4.69) is 26.0 Å². The van der Waals surface area contributed by atoms with E-state index in [4.69, 9.17) is 18.5 Å². The Morgan fingerprint density at radius 2 is 1.16 bits per heavy atom. The molecule has 0 saturated heterocycles. The van der Waals surface area contributed by atoms with Crippen LogP contribution in [-0.2, 0) is 32.7 Å². The molecule has 0 amide bonds. The number of hydrogen-bond acceptors (Lipinski definition) is 8. The van der Waals surface area contributed by atoms with Gasteiger partial charge in [0.2, 0.25) is 0 Å². The number of likely N-dealkylation sites (N-methyl/N-ethyl adjacent to an activating group) is 1. The minimum absolute atomic E-state index is 0.0303. The maximum Gasteiger partial charge on any atom is 0.306 e. The molecular formula is C34H66NO8P. The Hall–Kier alpha value is -1.25. The van der Waals surface area contributed by atoms with Gasteiger partial charge in [-0.2, -0.15) is 0 Å². The molecule has 0 aliphatic rings. The third kappa shape index (κ3) is 30.8. The molecule has 0 heterocycles. The van der Waals surface area contributed by atoms with Crippen molar-refractivity contribution in [2.45, 2.75) is 148 Å². The van der Waals surface area contributed by atoms with Crippen molar-refractivity contribution >= 4 is 19.8 Å². The maximum atomic E-state index is 12.5. The molecule has 0 aromatic carbocycles. The van der Waals surface area contributed by atoms with Crippen LogP contribution in [0.15, 0.2) is 12.2 Å². The highest BCUT2D eigenvalue weighted by atomic mass is 31.2. The summed E-state index contributed by atoms with van der Waals surface area (Å²) in [5.41, 5.74) is 0.